The molecule has 0 N–H and O–H groups in total. The number of allylic oxidation sites excluding steroid dienone is 10. The fourth-order valence-electron chi connectivity index (χ4n) is 6.47. The van der Waals surface area contributed by atoms with Crippen LogP contribution in [-0.2, 0) is 28.6 Å². The largest absolute Gasteiger partial charge is 0.462 e. The molecule has 0 aliphatic heterocycles. The molecule has 0 aliphatic carbocycles. The van der Waals surface area contributed by atoms with Gasteiger partial charge in [-0.3, -0.25) is 14.4 Å². The summed E-state index contributed by atoms with van der Waals surface area (Å²) >= 11 is 0. The Morgan fingerprint density at radius 1 is 0.368 bits per heavy atom. The minimum Gasteiger partial charge on any atom is -0.462 e. The van der Waals surface area contributed by atoms with Crippen molar-refractivity contribution in [3.05, 3.63) is 60.8 Å². The van der Waals surface area contributed by atoms with Crippen LogP contribution in [-0.4, -0.2) is 37.2 Å². The SMILES string of the molecule is CC/C=C\C/C=C\C/C=C\C/C=C\C/C=C\CCCCCCCCCC(=O)OCC(COC(=O)CCCCCCC)OC(=O)CCCCCCCCCCCCC. The normalized spacial score (nSPS) is 12.5. The molecule has 1 unspecified atom stereocenters. The third kappa shape index (κ3) is 44.1. The van der Waals surface area contributed by atoms with Crippen molar-refractivity contribution in [2.24, 2.45) is 0 Å². The van der Waals surface area contributed by atoms with Crippen molar-refractivity contribution in [2.45, 2.75) is 232 Å². The summed E-state index contributed by atoms with van der Waals surface area (Å²) < 4.78 is 16.6. The average molecular weight is 797 g/mol. The Bertz CT molecular complexity index is 1050. The molecule has 1 atom stereocenters. The standard InChI is InChI=1S/C51H88O6/c1-4-7-10-13-15-17-19-20-21-22-23-24-25-26-27-28-29-30-32-33-35-38-41-44-50(53)56-47-48(46-55-49(52)43-40-37-12-9-6-3)57-51(54)45-42-39-36-34-31-18-16-14-11-8-5-2/h7,10,15,17,20-21,23-24,26-27,48H,4-6,8-9,11-14,16,18-19,22,25,28-47H2,1-3H3/b10-7-,17-15-,21-20-,24-23-,27-26-. The van der Waals surface area contributed by atoms with E-state index in [1.807, 2.05) is 0 Å². The average Bonchev–Trinajstić information content (AvgIpc) is 3.21. The van der Waals surface area contributed by atoms with Gasteiger partial charge < -0.3 is 14.2 Å². The monoisotopic (exact) mass is 797 g/mol. The Kier molecular flexibility index (Phi) is 43.5. The molecule has 0 aliphatic rings. The molecule has 0 rings (SSSR count). The molecular formula is C51H88O6. The summed E-state index contributed by atoms with van der Waals surface area (Å²) in [6, 6.07) is 0. The minimum atomic E-state index is -0.771. The van der Waals surface area contributed by atoms with Gasteiger partial charge in [0.25, 0.3) is 0 Å². The second-order valence-corrected chi connectivity index (χ2v) is 15.6. The third-order valence-corrected chi connectivity index (χ3v) is 10.0. The summed E-state index contributed by atoms with van der Waals surface area (Å²) in [4.78, 5) is 37.5. The number of ether oxygens (including phenoxy) is 3. The first kappa shape index (κ1) is 54.1. The Labute approximate surface area is 351 Å². The topological polar surface area (TPSA) is 78.9 Å². The maximum atomic E-state index is 12.6. The van der Waals surface area contributed by atoms with Crippen molar-refractivity contribution in [2.75, 3.05) is 13.2 Å². The van der Waals surface area contributed by atoms with Crippen LogP contribution in [0.15, 0.2) is 60.8 Å². The van der Waals surface area contributed by atoms with Crippen molar-refractivity contribution in [3.8, 4) is 0 Å². The summed E-state index contributed by atoms with van der Waals surface area (Å²) in [5.41, 5.74) is 0. The van der Waals surface area contributed by atoms with Crippen LogP contribution in [0.5, 0.6) is 0 Å². The van der Waals surface area contributed by atoms with Crippen LogP contribution in [0.25, 0.3) is 0 Å². The molecule has 0 amide bonds. The van der Waals surface area contributed by atoms with E-state index >= 15 is 0 Å². The second kappa shape index (κ2) is 45.8. The van der Waals surface area contributed by atoms with Gasteiger partial charge in [0.2, 0.25) is 0 Å². The maximum absolute atomic E-state index is 12.6. The molecule has 0 aromatic heterocycles. The van der Waals surface area contributed by atoms with Crippen LogP contribution in [0.1, 0.15) is 226 Å². The van der Waals surface area contributed by atoms with Crippen LogP contribution < -0.4 is 0 Å². The lowest BCUT2D eigenvalue weighted by Crippen LogP contribution is -2.30. The van der Waals surface area contributed by atoms with Gasteiger partial charge in [0.15, 0.2) is 6.10 Å². The van der Waals surface area contributed by atoms with E-state index in [4.69, 9.17) is 14.2 Å². The van der Waals surface area contributed by atoms with Gasteiger partial charge in [-0.25, -0.2) is 0 Å². The van der Waals surface area contributed by atoms with Gasteiger partial charge in [-0.15, -0.1) is 0 Å². The van der Waals surface area contributed by atoms with Gasteiger partial charge in [0.05, 0.1) is 0 Å². The number of esters is 3. The lowest BCUT2D eigenvalue weighted by molar-refractivity contribution is -0.167. The van der Waals surface area contributed by atoms with E-state index in [1.165, 1.54) is 83.5 Å². The molecule has 328 valence electrons. The summed E-state index contributed by atoms with van der Waals surface area (Å²) in [6.45, 7) is 6.42. The van der Waals surface area contributed by atoms with E-state index in [2.05, 4.69) is 81.5 Å². The predicted molar refractivity (Wildman–Crippen MR) is 242 cm³/mol. The van der Waals surface area contributed by atoms with Crippen LogP contribution >= 0.6 is 0 Å². The quantitative estimate of drug-likeness (QED) is 0.0265. The van der Waals surface area contributed by atoms with Crippen LogP contribution in [0.2, 0.25) is 0 Å². The first-order valence-corrected chi connectivity index (χ1v) is 23.8. The van der Waals surface area contributed by atoms with Gasteiger partial charge in [-0.1, -0.05) is 204 Å². The highest BCUT2D eigenvalue weighted by Crippen LogP contribution is 2.14. The van der Waals surface area contributed by atoms with Crippen molar-refractivity contribution in [3.63, 3.8) is 0 Å². The summed E-state index contributed by atoms with van der Waals surface area (Å²) in [5.74, 6) is -0.903. The van der Waals surface area contributed by atoms with E-state index in [0.717, 1.165) is 103 Å². The Morgan fingerprint density at radius 3 is 1.07 bits per heavy atom. The van der Waals surface area contributed by atoms with Gasteiger partial charge in [-0.2, -0.15) is 0 Å². The molecule has 57 heavy (non-hydrogen) atoms. The van der Waals surface area contributed by atoms with Gasteiger partial charge in [-0.05, 0) is 64.2 Å². The second-order valence-electron chi connectivity index (χ2n) is 15.6. The lowest BCUT2D eigenvalue weighted by atomic mass is 10.1. The van der Waals surface area contributed by atoms with Crippen LogP contribution in [0, 0.1) is 0 Å². The molecule has 0 saturated carbocycles. The van der Waals surface area contributed by atoms with Crippen LogP contribution in [0.3, 0.4) is 0 Å². The fraction of sp³-hybridized carbons (Fsp3) is 0.745. The Hall–Kier alpha value is -2.89. The van der Waals surface area contributed by atoms with Crippen LogP contribution in [0.4, 0.5) is 0 Å². The first-order chi connectivity index (χ1) is 28.0. The minimum absolute atomic E-state index is 0.0772. The Morgan fingerprint density at radius 2 is 0.684 bits per heavy atom. The van der Waals surface area contributed by atoms with E-state index < -0.39 is 6.10 Å². The molecule has 0 fully saturated rings. The summed E-state index contributed by atoms with van der Waals surface area (Å²) in [7, 11) is 0. The highest BCUT2D eigenvalue weighted by atomic mass is 16.6. The zero-order chi connectivity index (χ0) is 41.5. The highest BCUT2D eigenvalue weighted by Gasteiger charge is 2.19. The van der Waals surface area contributed by atoms with E-state index in [9.17, 15) is 14.4 Å². The molecule has 0 aromatic carbocycles. The molecule has 6 nitrogen and oxygen atoms in total. The number of hydrogen-bond donors (Lipinski definition) is 0. The third-order valence-electron chi connectivity index (χ3n) is 10.0. The summed E-state index contributed by atoms with van der Waals surface area (Å²) in [5, 5.41) is 0. The molecule has 0 spiro atoms. The lowest BCUT2D eigenvalue weighted by Gasteiger charge is -2.18. The number of rotatable bonds is 42. The van der Waals surface area contributed by atoms with Gasteiger partial charge in [0, 0.05) is 19.3 Å². The number of carbonyl (C=O) groups excluding carboxylic acids is 3. The number of hydrogen-bond acceptors (Lipinski definition) is 6. The van der Waals surface area contributed by atoms with E-state index in [-0.39, 0.29) is 31.1 Å². The fourth-order valence-corrected chi connectivity index (χ4v) is 6.47. The molecule has 0 aromatic rings. The molecule has 0 heterocycles. The van der Waals surface area contributed by atoms with Gasteiger partial charge in [0.1, 0.15) is 13.2 Å². The smallest absolute Gasteiger partial charge is 0.306 e. The Balaban J connectivity index is 4.15. The molecular weight excluding hydrogens is 709 g/mol. The molecule has 0 radical (unpaired) electrons. The number of carbonyl (C=O) groups is 3. The van der Waals surface area contributed by atoms with Crippen molar-refractivity contribution in [1.29, 1.82) is 0 Å². The molecule has 0 bridgehead atoms. The molecule has 6 heteroatoms. The number of unbranched alkanes of at least 4 members (excludes halogenated alkanes) is 21. The van der Waals surface area contributed by atoms with Crippen molar-refractivity contribution < 1.29 is 28.6 Å². The van der Waals surface area contributed by atoms with E-state index in [1.54, 1.807) is 0 Å². The van der Waals surface area contributed by atoms with Crippen molar-refractivity contribution in [1.82, 2.24) is 0 Å². The first-order valence-electron chi connectivity index (χ1n) is 23.8. The zero-order valence-corrected chi connectivity index (χ0v) is 37.3. The molecule has 0 saturated heterocycles. The van der Waals surface area contributed by atoms with Crippen molar-refractivity contribution >= 4 is 17.9 Å². The summed E-state index contributed by atoms with van der Waals surface area (Å²) in [6.07, 6.45) is 55.2. The van der Waals surface area contributed by atoms with E-state index in [0.29, 0.717) is 19.3 Å². The maximum Gasteiger partial charge on any atom is 0.306 e. The predicted octanol–water partition coefficient (Wildman–Crippen LogP) is 15.3. The van der Waals surface area contributed by atoms with Gasteiger partial charge >= 0.3 is 17.9 Å². The zero-order valence-electron chi connectivity index (χ0n) is 37.3. The highest BCUT2D eigenvalue weighted by molar-refractivity contribution is 5.71.